The van der Waals surface area contributed by atoms with Crippen LogP contribution in [0.1, 0.15) is 32.6 Å². The Morgan fingerprint density at radius 1 is 1.13 bits per heavy atom. The predicted molar refractivity (Wildman–Crippen MR) is 121 cm³/mol. The van der Waals surface area contributed by atoms with Crippen molar-refractivity contribution in [3.05, 3.63) is 30.1 Å². The maximum Gasteiger partial charge on any atom is 0.224 e. The molecule has 3 rings (SSSR count). The van der Waals surface area contributed by atoms with E-state index in [2.05, 4.69) is 15.1 Å². The maximum atomic E-state index is 13.1. The Morgan fingerprint density at radius 3 is 2.52 bits per heavy atom. The molecule has 174 valence electrons. The number of nitrogens with zero attached hydrogens (tertiary/aromatic N) is 3. The second-order valence-corrected chi connectivity index (χ2v) is 10.6. The highest BCUT2D eigenvalue weighted by Crippen LogP contribution is 2.20. The van der Waals surface area contributed by atoms with Crippen LogP contribution in [-0.4, -0.2) is 81.6 Å². The van der Waals surface area contributed by atoms with Crippen LogP contribution < -0.4 is 10.2 Å². The summed E-state index contributed by atoms with van der Waals surface area (Å²) in [5, 5.41) is 3.00. The number of hydrogen-bond donors (Lipinski definition) is 1. The number of halogens is 1. The number of hydrogen-bond acceptors (Lipinski definition) is 5. The summed E-state index contributed by atoms with van der Waals surface area (Å²) >= 11 is 0. The number of piperazine rings is 1. The number of nitrogens with one attached hydrogen (secondary N) is 1. The number of amides is 1. The largest absolute Gasteiger partial charge is 0.369 e. The first-order valence-electron chi connectivity index (χ1n) is 11.4. The van der Waals surface area contributed by atoms with Crippen molar-refractivity contribution < 1.29 is 17.6 Å². The molecule has 0 aliphatic carbocycles. The summed E-state index contributed by atoms with van der Waals surface area (Å²) in [7, 11) is -3.24. The molecule has 0 unspecified atom stereocenters. The van der Waals surface area contributed by atoms with Crippen LogP contribution in [0.25, 0.3) is 0 Å². The summed E-state index contributed by atoms with van der Waals surface area (Å²) in [5.74, 6) is -0.347. The normalized spacial score (nSPS) is 21.2. The van der Waals surface area contributed by atoms with Crippen LogP contribution in [0, 0.1) is 11.7 Å². The van der Waals surface area contributed by atoms with Crippen molar-refractivity contribution in [2.75, 3.05) is 63.0 Å². The van der Waals surface area contributed by atoms with Gasteiger partial charge in [-0.15, -0.1) is 0 Å². The molecular formula is C22H35FN4O3S. The molecule has 2 aliphatic rings. The van der Waals surface area contributed by atoms with Crippen LogP contribution in [0.2, 0.25) is 0 Å². The molecule has 0 saturated carbocycles. The second-order valence-electron chi connectivity index (χ2n) is 8.46. The number of anilines is 1. The molecule has 2 fully saturated rings. The number of rotatable bonds is 9. The van der Waals surface area contributed by atoms with Gasteiger partial charge in [0, 0.05) is 51.5 Å². The van der Waals surface area contributed by atoms with Gasteiger partial charge in [0.1, 0.15) is 5.82 Å². The van der Waals surface area contributed by atoms with Crippen LogP contribution in [0.5, 0.6) is 0 Å². The summed E-state index contributed by atoms with van der Waals surface area (Å²) in [6.07, 6.45) is 2.94. The zero-order valence-electron chi connectivity index (χ0n) is 18.4. The third-order valence-corrected chi connectivity index (χ3v) is 8.17. The lowest BCUT2D eigenvalue weighted by Gasteiger charge is -2.36. The first kappa shape index (κ1) is 23.9. The fourth-order valence-electron chi connectivity index (χ4n) is 4.34. The fraction of sp³-hybridized carbons (Fsp3) is 0.682. The zero-order valence-corrected chi connectivity index (χ0v) is 19.2. The zero-order chi connectivity index (χ0) is 22.3. The summed E-state index contributed by atoms with van der Waals surface area (Å²) < 4.78 is 39.1. The number of carbonyl (C=O) groups is 1. The third-order valence-electron chi connectivity index (χ3n) is 6.12. The lowest BCUT2D eigenvalue weighted by Crippen LogP contribution is -2.47. The van der Waals surface area contributed by atoms with Crippen molar-refractivity contribution >= 4 is 21.6 Å². The Morgan fingerprint density at radius 2 is 1.84 bits per heavy atom. The quantitative estimate of drug-likeness (QED) is 0.577. The minimum Gasteiger partial charge on any atom is -0.369 e. The molecule has 9 heteroatoms. The Kier molecular flexibility index (Phi) is 8.68. The van der Waals surface area contributed by atoms with Gasteiger partial charge in [-0.3, -0.25) is 9.69 Å². The van der Waals surface area contributed by atoms with E-state index in [9.17, 15) is 17.6 Å². The van der Waals surface area contributed by atoms with Gasteiger partial charge in [0.15, 0.2) is 0 Å². The lowest BCUT2D eigenvalue weighted by atomic mass is 9.99. The lowest BCUT2D eigenvalue weighted by molar-refractivity contribution is -0.126. The highest BCUT2D eigenvalue weighted by molar-refractivity contribution is 7.89. The average molecular weight is 455 g/mol. The van der Waals surface area contributed by atoms with Crippen LogP contribution >= 0.6 is 0 Å². The molecule has 0 spiro atoms. The van der Waals surface area contributed by atoms with Gasteiger partial charge in [-0.1, -0.05) is 6.92 Å². The predicted octanol–water partition coefficient (Wildman–Crippen LogP) is 1.91. The molecule has 2 heterocycles. The van der Waals surface area contributed by atoms with Crippen molar-refractivity contribution in [1.29, 1.82) is 0 Å². The van der Waals surface area contributed by atoms with E-state index < -0.39 is 10.0 Å². The third kappa shape index (κ3) is 6.89. The van der Waals surface area contributed by atoms with Gasteiger partial charge < -0.3 is 10.2 Å². The van der Waals surface area contributed by atoms with Gasteiger partial charge in [0.2, 0.25) is 15.9 Å². The molecule has 1 N–H and O–H groups in total. The van der Waals surface area contributed by atoms with E-state index in [1.54, 1.807) is 0 Å². The van der Waals surface area contributed by atoms with E-state index in [0.717, 1.165) is 57.7 Å². The Balaban J connectivity index is 1.33. The van der Waals surface area contributed by atoms with Crippen LogP contribution in [0.15, 0.2) is 24.3 Å². The van der Waals surface area contributed by atoms with Crippen molar-refractivity contribution in [3.8, 4) is 0 Å². The molecule has 31 heavy (non-hydrogen) atoms. The molecule has 2 aliphatic heterocycles. The van der Waals surface area contributed by atoms with Gasteiger partial charge in [0.25, 0.3) is 0 Å². The Labute approximate surface area is 185 Å². The average Bonchev–Trinajstić information content (AvgIpc) is 2.78. The molecule has 7 nitrogen and oxygen atoms in total. The summed E-state index contributed by atoms with van der Waals surface area (Å²) in [5.41, 5.74) is 1.05. The molecule has 1 amide bonds. The Bertz CT molecular complexity index is 811. The molecule has 0 radical (unpaired) electrons. The number of sulfonamides is 1. The minimum atomic E-state index is -3.24. The van der Waals surface area contributed by atoms with Crippen molar-refractivity contribution in [1.82, 2.24) is 14.5 Å². The molecule has 0 bridgehead atoms. The highest BCUT2D eigenvalue weighted by Gasteiger charge is 2.31. The summed E-state index contributed by atoms with van der Waals surface area (Å²) in [6.45, 7) is 7.90. The fourth-order valence-corrected chi connectivity index (χ4v) is 5.92. The van der Waals surface area contributed by atoms with Gasteiger partial charge >= 0.3 is 0 Å². The molecular weight excluding hydrogens is 419 g/mol. The van der Waals surface area contributed by atoms with Crippen molar-refractivity contribution in [2.45, 2.75) is 32.6 Å². The minimum absolute atomic E-state index is 0.0301. The van der Waals surface area contributed by atoms with Crippen LogP contribution in [0.3, 0.4) is 0 Å². The topological polar surface area (TPSA) is 73.0 Å². The highest BCUT2D eigenvalue weighted by atomic mass is 32.2. The molecule has 1 atom stereocenters. The smallest absolute Gasteiger partial charge is 0.224 e. The van der Waals surface area contributed by atoms with E-state index in [1.807, 2.05) is 19.1 Å². The van der Waals surface area contributed by atoms with E-state index in [0.29, 0.717) is 26.1 Å². The number of piperidine rings is 1. The second kappa shape index (κ2) is 11.2. The van der Waals surface area contributed by atoms with Gasteiger partial charge in [-0.2, -0.15) is 0 Å². The van der Waals surface area contributed by atoms with Gasteiger partial charge in [-0.05, 0) is 56.5 Å². The van der Waals surface area contributed by atoms with Crippen LogP contribution in [0.4, 0.5) is 10.1 Å². The number of carbonyl (C=O) groups excluding carboxylic acids is 1. The van der Waals surface area contributed by atoms with E-state index in [1.165, 1.54) is 16.4 Å². The van der Waals surface area contributed by atoms with E-state index >= 15 is 0 Å². The molecule has 2 saturated heterocycles. The molecule has 1 aromatic carbocycles. The Hall–Kier alpha value is -1.71. The maximum absolute atomic E-state index is 13.1. The standard InChI is InChI=1S/C22H35FN4O3S/c1-2-17-31(29,30)27-12-3-5-19(18-27)22(28)24-10-4-11-25-13-15-26(16-14-25)21-8-6-20(23)7-9-21/h6-9,19H,2-5,10-18H2,1H3,(H,24,28)/t19-/m1/s1. The summed E-state index contributed by atoms with van der Waals surface area (Å²) in [4.78, 5) is 17.2. The SMILES string of the molecule is CCCS(=O)(=O)N1CCC[C@@H](C(=O)NCCCN2CCN(c3ccc(F)cc3)CC2)C1. The van der Waals surface area contributed by atoms with Crippen LogP contribution in [-0.2, 0) is 14.8 Å². The monoisotopic (exact) mass is 454 g/mol. The summed E-state index contributed by atoms with van der Waals surface area (Å²) in [6, 6.07) is 6.63. The van der Waals surface area contributed by atoms with Crippen molar-refractivity contribution in [3.63, 3.8) is 0 Å². The van der Waals surface area contributed by atoms with Crippen molar-refractivity contribution in [2.24, 2.45) is 5.92 Å². The van der Waals surface area contributed by atoms with E-state index in [4.69, 9.17) is 0 Å². The first-order chi connectivity index (χ1) is 14.9. The molecule has 1 aromatic rings. The molecule has 0 aromatic heterocycles. The first-order valence-corrected chi connectivity index (χ1v) is 13.0. The van der Waals surface area contributed by atoms with E-state index in [-0.39, 0.29) is 23.4 Å². The van der Waals surface area contributed by atoms with Gasteiger partial charge in [-0.25, -0.2) is 17.1 Å². The van der Waals surface area contributed by atoms with Gasteiger partial charge in [0.05, 0.1) is 11.7 Å². The number of benzene rings is 1.